The van der Waals surface area contributed by atoms with E-state index in [9.17, 15) is 9.18 Å². The molecule has 1 aromatic heterocycles. The zero-order chi connectivity index (χ0) is 12.6. The minimum absolute atomic E-state index is 0.0735. The number of Topliss-reactive ketones (excluding diaryl/α,β-unsaturated/α-hetero) is 1. The molecule has 17 heavy (non-hydrogen) atoms. The van der Waals surface area contributed by atoms with Gasteiger partial charge < -0.3 is 4.42 Å². The summed E-state index contributed by atoms with van der Waals surface area (Å²) >= 11 is 0. The van der Waals surface area contributed by atoms with E-state index in [-0.39, 0.29) is 29.0 Å². The van der Waals surface area contributed by atoms with E-state index < -0.39 is 5.82 Å². The maximum Gasteiger partial charge on any atom is 0.201 e. The second kappa shape index (κ2) is 4.32. The van der Waals surface area contributed by atoms with E-state index in [2.05, 4.69) is 0 Å². The molecule has 0 N–H and O–H groups in total. The third-order valence-electron chi connectivity index (χ3n) is 3.15. The molecule has 0 aliphatic carbocycles. The van der Waals surface area contributed by atoms with Gasteiger partial charge in [-0.3, -0.25) is 4.79 Å². The molecule has 1 aromatic carbocycles. The van der Waals surface area contributed by atoms with Crippen LogP contribution < -0.4 is 0 Å². The van der Waals surface area contributed by atoms with E-state index in [0.717, 1.165) is 0 Å². The number of para-hydroxylation sites is 1. The van der Waals surface area contributed by atoms with Crippen LogP contribution in [0, 0.1) is 17.7 Å². The SMILES string of the molecule is CC(C)C(C)C(=O)c1cc2cccc(F)c2o1. The lowest BCUT2D eigenvalue weighted by Crippen LogP contribution is -2.16. The average molecular weight is 234 g/mol. The molecular formula is C14H15FO2. The summed E-state index contributed by atoms with van der Waals surface area (Å²) in [6, 6.07) is 6.28. The topological polar surface area (TPSA) is 30.2 Å². The monoisotopic (exact) mass is 234 g/mol. The largest absolute Gasteiger partial charge is 0.450 e. The van der Waals surface area contributed by atoms with E-state index in [0.29, 0.717) is 5.39 Å². The molecule has 90 valence electrons. The second-order valence-corrected chi connectivity index (χ2v) is 4.67. The lowest BCUT2D eigenvalue weighted by atomic mass is 9.92. The molecule has 0 fully saturated rings. The fourth-order valence-electron chi connectivity index (χ4n) is 1.68. The minimum atomic E-state index is -0.432. The molecule has 1 atom stereocenters. The molecule has 2 aromatic rings. The van der Waals surface area contributed by atoms with Gasteiger partial charge in [-0.15, -0.1) is 0 Å². The number of fused-ring (bicyclic) bond motifs is 1. The Balaban J connectivity index is 2.44. The van der Waals surface area contributed by atoms with Crippen LogP contribution in [0.15, 0.2) is 28.7 Å². The van der Waals surface area contributed by atoms with Gasteiger partial charge in [0.05, 0.1) is 0 Å². The summed E-state index contributed by atoms with van der Waals surface area (Å²) in [5, 5.41) is 0.629. The Morgan fingerprint density at radius 2 is 2.00 bits per heavy atom. The number of carbonyl (C=O) groups is 1. The normalized spacial score (nSPS) is 13.2. The van der Waals surface area contributed by atoms with Crippen molar-refractivity contribution in [2.24, 2.45) is 11.8 Å². The Kier molecular flexibility index (Phi) is 3.01. The maximum absolute atomic E-state index is 13.4. The van der Waals surface area contributed by atoms with Crippen molar-refractivity contribution in [1.82, 2.24) is 0 Å². The van der Waals surface area contributed by atoms with Gasteiger partial charge in [-0.1, -0.05) is 32.9 Å². The van der Waals surface area contributed by atoms with Crippen molar-refractivity contribution in [2.45, 2.75) is 20.8 Å². The number of furan rings is 1. The van der Waals surface area contributed by atoms with Crippen molar-refractivity contribution < 1.29 is 13.6 Å². The van der Waals surface area contributed by atoms with Crippen LogP contribution >= 0.6 is 0 Å². The maximum atomic E-state index is 13.4. The Labute approximate surface area is 99.4 Å². The van der Waals surface area contributed by atoms with Crippen molar-refractivity contribution in [3.05, 3.63) is 35.8 Å². The van der Waals surface area contributed by atoms with Gasteiger partial charge in [0.1, 0.15) is 0 Å². The number of benzene rings is 1. The van der Waals surface area contributed by atoms with Crippen molar-refractivity contribution in [3.63, 3.8) is 0 Å². The summed E-state index contributed by atoms with van der Waals surface area (Å²) in [6.45, 7) is 5.81. The number of carbonyl (C=O) groups excluding carboxylic acids is 1. The highest BCUT2D eigenvalue weighted by atomic mass is 19.1. The van der Waals surface area contributed by atoms with E-state index >= 15 is 0 Å². The van der Waals surface area contributed by atoms with E-state index in [1.54, 1.807) is 18.2 Å². The molecule has 0 radical (unpaired) electrons. The van der Waals surface area contributed by atoms with Crippen molar-refractivity contribution in [1.29, 1.82) is 0 Å². The standard InChI is InChI=1S/C14H15FO2/c1-8(2)9(3)13(16)12-7-10-5-4-6-11(15)14(10)17-12/h4-9H,1-3H3. The second-order valence-electron chi connectivity index (χ2n) is 4.67. The third-order valence-corrected chi connectivity index (χ3v) is 3.15. The van der Waals surface area contributed by atoms with Crippen LogP contribution in [0.4, 0.5) is 4.39 Å². The third kappa shape index (κ3) is 2.09. The Morgan fingerprint density at radius 3 is 2.59 bits per heavy atom. The van der Waals surface area contributed by atoms with Gasteiger partial charge in [0.2, 0.25) is 5.78 Å². The highest BCUT2D eigenvalue weighted by Crippen LogP contribution is 2.25. The van der Waals surface area contributed by atoms with Crippen LogP contribution in [-0.2, 0) is 0 Å². The molecule has 3 heteroatoms. The van der Waals surface area contributed by atoms with Crippen LogP contribution in [0.2, 0.25) is 0 Å². The molecule has 0 aliphatic heterocycles. The number of hydrogen-bond donors (Lipinski definition) is 0. The smallest absolute Gasteiger partial charge is 0.201 e. The Bertz CT molecular complexity index is 554. The molecule has 0 spiro atoms. The van der Waals surface area contributed by atoms with Gasteiger partial charge in [-0.25, -0.2) is 4.39 Å². The van der Waals surface area contributed by atoms with Gasteiger partial charge in [0, 0.05) is 11.3 Å². The van der Waals surface area contributed by atoms with Crippen molar-refractivity contribution in [2.75, 3.05) is 0 Å². The lowest BCUT2D eigenvalue weighted by Gasteiger charge is -2.11. The molecule has 1 heterocycles. The fraction of sp³-hybridized carbons (Fsp3) is 0.357. The quantitative estimate of drug-likeness (QED) is 0.750. The molecule has 2 nitrogen and oxygen atoms in total. The number of ketones is 1. The summed E-state index contributed by atoms with van der Waals surface area (Å²) in [5.41, 5.74) is 0.159. The van der Waals surface area contributed by atoms with Crippen molar-refractivity contribution in [3.8, 4) is 0 Å². The van der Waals surface area contributed by atoms with Crippen LogP contribution in [-0.4, -0.2) is 5.78 Å². The van der Waals surface area contributed by atoms with E-state index in [1.807, 2.05) is 20.8 Å². The molecule has 0 bridgehead atoms. The molecule has 0 saturated heterocycles. The van der Waals surface area contributed by atoms with Gasteiger partial charge in [0.25, 0.3) is 0 Å². The average Bonchev–Trinajstić information content (AvgIpc) is 2.72. The molecule has 1 unspecified atom stereocenters. The number of halogens is 1. The molecule has 0 aliphatic rings. The first kappa shape index (κ1) is 11.8. The molecule has 0 saturated carbocycles. The van der Waals surface area contributed by atoms with E-state index in [1.165, 1.54) is 6.07 Å². The molecule has 0 amide bonds. The summed E-state index contributed by atoms with van der Waals surface area (Å²) in [7, 11) is 0. The van der Waals surface area contributed by atoms with E-state index in [4.69, 9.17) is 4.42 Å². The van der Waals surface area contributed by atoms with Crippen LogP contribution in [0.3, 0.4) is 0 Å². The minimum Gasteiger partial charge on any atom is -0.450 e. The van der Waals surface area contributed by atoms with Crippen LogP contribution in [0.25, 0.3) is 11.0 Å². The highest BCUT2D eigenvalue weighted by molar-refractivity contribution is 5.99. The van der Waals surface area contributed by atoms with Gasteiger partial charge in [-0.2, -0.15) is 0 Å². The Hall–Kier alpha value is -1.64. The molecule has 2 rings (SSSR count). The van der Waals surface area contributed by atoms with Crippen LogP contribution in [0.1, 0.15) is 31.3 Å². The summed E-state index contributed by atoms with van der Waals surface area (Å²) in [5.74, 6) is -0.153. The number of hydrogen-bond acceptors (Lipinski definition) is 2. The zero-order valence-corrected chi connectivity index (χ0v) is 10.2. The predicted molar refractivity (Wildman–Crippen MR) is 64.5 cm³/mol. The van der Waals surface area contributed by atoms with Gasteiger partial charge in [0.15, 0.2) is 17.2 Å². The van der Waals surface area contributed by atoms with Gasteiger partial charge >= 0.3 is 0 Å². The predicted octanol–water partition coefficient (Wildman–Crippen LogP) is 4.05. The number of rotatable bonds is 3. The first-order valence-corrected chi connectivity index (χ1v) is 5.73. The zero-order valence-electron chi connectivity index (χ0n) is 10.2. The summed E-state index contributed by atoms with van der Waals surface area (Å²) < 4.78 is 18.7. The highest BCUT2D eigenvalue weighted by Gasteiger charge is 2.22. The van der Waals surface area contributed by atoms with Gasteiger partial charge in [-0.05, 0) is 18.1 Å². The van der Waals surface area contributed by atoms with Crippen LogP contribution in [0.5, 0.6) is 0 Å². The fourth-order valence-corrected chi connectivity index (χ4v) is 1.68. The summed E-state index contributed by atoms with van der Waals surface area (Å²) in [4.78, 5) is 12.1. The summed E-state index contributed by atoms with van der Waals surface area (Å²) in [6.07, 6.45) is 0. The Morgan fingerprint density at radius 1 is 1.29 bits per heavy atom. The lowest BCUT2D eigenvalue weighted by molar-refractivity contribution is 0.0873. The molecular weight excluding hydrogens is 219 g/mol. The van der Waals surface area contributed by atoms with Crippen molar-refractivity contribution >= 4 is 16.8 Å². The first-order chi connectivity index (χ1) is 8.00. The first-order valence-electron chi connectivity index (χ1n) is 5.73.